The molecule has 1 atom stereocenters. The number of nitrogens with zero attached hydrogens (tertiary/aromatic N) is 3. The monoisotopic (exact) mass is 360 g/mol. The maximum atomic E-state index is 13.7. The molecule has 1 aromatic rings. The van der Waals surface area contributed by atoms with Gasteiger partial charge < -0.3 is 5.32 Å². The van der Waals surface area contributed by atoms with Crippen LogP contribution in [0.2, 0.25) is 0 Å². The number of carbonyl (C=O) groups excluding carboxylic acids is 1. The summed E-state index contributed by atoms with van der Waals surface area (Å²) in [5.41, 5.74) is 1.73. The predicted octanol–water partition coefficient (Wildman–Crippen LogP) is 2.39. The maximum Gasteiger partial charge on any atom is 0.263 e. The second kappa shape index (κ2) is 7.45. The Balaban J connectivity index is 1.99. The number of piperazine rings is 1. The Morgan fingerprint density at radius 3 is 2.62 bits per heavy atom. The number of amides is 1. The van der Waals surface area contributed by atoms with Crippen LogP contribution in [-0.2, 0) is 4.79 Å². The molecular weight excluding hydrogens is 331 g/mol. The Morgan fingerprint density at radius 2 is 2.00 bits per heavy atom. The zero-order valence-corrected chi connectivity index (χ0v) is 16.2. The number of aryl methyl sites for hydroxylation is 1. The van der Waals surface area contributed by atoms with Gasteiger partial charge in [-0.15, -0.1) is 0 Å². The van der Waals surface area contributed by atoms with Gasteiger partial charge in [-0.25, -0.2) is 9.40 Å². The van der Waals surface area contributed by atoms with Crippen LogP contribution in [0.4, 0.5) is 4.39 Å². The topological polar surface area (TPSA) is 47.9 Å². The first-order valence-electron chi connectivity index (χ1n) is 9.43. The van der Waals surface area contributed by atoms with Crippen molar-refractivity contribution in [1.82, 2.24) is 15.2 Å². The van der Waals surface area contributed by atoms with E-state index in [1.54, 1.807) is 18.0 Å². The van der Waals surface area contributed by atoms with E-state index in [1.807, 2.05) is 13.0 Å². The average molecular weight is 360 g/mol. The van der Waals surface area contributed by atoms with Gasteiger partial charge in [-0.1, -0.05) is 19.9 Å². The fourth-order valence-corrected chi connectivity index (χ4v) is 3.77. The van der Waals surface area contributed by atoms with Crippen LogP contribution in [-0.4, -0.2) is 59.8 Å². The Morgan fingerprint density at radius 1 is 1.31 bits per heavy atom. The van der Waals surface area contributed by atoms with Crippen molar-refractivity contribution in [1.29, 1.82) is 0 Å². The van der Waals surface area contributed by atoms with Crippen LogP contribution in [0, 0.1) is 18.7 Å². The van der Waals surface area contributed by atoms with Gasteiger partial charge in [0.15, 0.2) is 0 Å². The van der Waals surface area contributed by atoms with Crippen molar-refractivity contribution < 1.29 is 9.18 Å². The minimum absolute atomic E-state index is 0.0654. The van der Waals surface area contributed by atoms with Crippen molar-refractivity contribution in [3.05, 3.63) is 35.1 Å². The normalized spacial score (nSPS) is 24.9. The molecule has 3 rings (SSSR count). The lowest BCUT2D eigenvalue weighted by Crippen LogP contribution is -2.64. The molecule has 0 radical (unpaired) electrons. The van der Waals surface area contributed by atoms with Crippen LogP contribution < -0.4 is 5.32 Å². The minimum atomic E-state index is -0.615. The molecule has 0 aliphatic carbocycles. The summed E-state index contributed by atoms with van der Waals surface area (Å²) in [6.45, 7) is 12.0. The molecule has 2 aliphatic heterocycles. The predicted molar refractivity (Wildman–Crippen MR) is 102 cm³/mol. The molecule has 0 bridgehead atoms. The lowest BCUT2D eigenvalue weighted by atomic mass is 9.86. The zero-order valence-electron chi connectivity index (χ0n) is 16.2. The first kappa shape index (κ1) is 19.0. The molecule has 142 valence electrons. The van der Waals surface area contributed by atoms with Crippen LogP contribution in [0.15, 0.2) is 23.3 Å². The Labute approximate surface area is 155 Å². The van der Waals surface area contributed by atoms with Crippen LogP contribution in [0.3, 0.4) is 0 Å². The van der Waals surface area contributed by atoms with E-state index in [9.17, 15) is 9.18 Å². The van der Waals surface area contributed by atoms with Crippen LogP contribution >= 0.6 is 0 Å². The smallest absolute Gasteiger partial charge is 0.263 e. The van der Waals surface area contributed by atoms with Crippen molar-refractivity contribution in [2.45, 2.75) is 39.7 Å². The van der Waals surface area contributed by atoms with Crippen molar-refractivity contribution in [2.75, 3.05) is 32.7 Å². The molecule has 2 heterocycles. The van der Waals surface area contributed by atoms with E-state index in [1.165, 1.54) is 6.07 Å². The summed E-state index contributed by atoms with van der Waals surface area (Å²) in [6.07, 6.45) is 0.547. The molecule has 1 fully saturated rings. The lowest BCUT2D eigenvalue weighted by Gasteiger charge is -2.46. The number of hydrogen-bond donors (Lipinski definition) is 1. The summed E-state index contributed by atoms with van der Waals surface area (Å²) < 4.78 is 13.7. The highest BCUT2D eigenvalue weighted by molar-refractivity contribution is 6.07. The molecule has 0 aromatic heterocycles. The molecule has 1 amide bonds. The van der Waals surface area contributed by atoms with Crippen molar-refractivity contribution in [2.24, 2.45) is 11.0 Å². The molecule has 1 aromatic carbocycles. The van der Waals surface area contributed by atoms with E-state index >= 15 is 0 Å². The summed E-state index contributed by atoms with van der Waals surface area (Å²) in [6, 6.07) is 5.08. The molecule has 2 aliphatic rings. The van der Waals surface area contributed by atoms with Gasteiger partial charge in [0, 0.05) is 39.1 Å². The molecule has 1 saturated heterocycles. The van der Waals surface area contributed by atoms with Gasteiger partial charge in [0.25, 0.3) is 5.91 Å². The van der Waals surface area contributed by atoms with Gasteiger partial charge in [-0.05, 0) is 43.0 Å². The van der Waals surface area contributed by atoms with Gasteiger partial charge in [-0.2, -0.15) is 5.10 Å². The average Bonchev–Trinajstić information content (AvgIpc) is 2.61. The number of halogens is 1. The van der Waals surface area contributed by atoms with Gasteiger partial charge in [0.2, 0.25) is 0 Å². The Bertz CT molecular complexity index is 712. The van der Waals surface area contributed by atoms with Crippen molar-refractivity contribution in [3.63, 3.8) is 0 Å². The van der Waals surface area contributed by atoms with E-state index in [0.29, 0.717) is 24.4 Å². The number of hydrazone groups is 1. The van der Waals surface area contributed by atoms with Crippen molar-refractivity contribution in [3.8, 4) is 0 Å². The van der Waals surface area contributed by atoms with E-state index in [-0.39, 0.29) is 11.7 Å². The van der Waals surface area contributed by atoms with Crippen LogP contribution in [0.5, 0.6) is 0 Å². The number of carbonyl (C=O) groups is 1. The Kier molecular flexibility index (Phi) is 5.44. The quantitative estimate of drug-likeness (QED) is 0.897. The summed E-state index contributed by atoms with van der Waals surface area (Å²) in [7, 11) is 0. The fourth-order valence-electron chi connectivity index (χ4n) is 3.77. The second-order valence-corrected chi connectivity index (χ2v) is 7.98. The van der Waals surface area contributed by atoms with E-state index in [4.69, 9.17) is 0 Å². The first-order chi connectivity index (χ1) is 12.3. The molecule has 6 heteroatoms. The number of benzene rings is 1. The van der Waals surface area contributed by atoms with Gasteiger partial charge in [0.05, 0.1) is 5.71 Å². The third kappa shape index (κ3) is 3.67. The van der Waals surface area contributed by atoms with Gasteiger partial charge in [-0.3, -0.25) is 9.69 Å². The van der Waals surface area contributed by atoms with Gasteiger partial charge >= 0.3 is 0 Å². The SMILES string of the molecule is Cc1cc(C2=NN(CC(C)C)C(=O)C(C)(N3CCNCC3)C2)ccc1F. The molecule has 0 spiro atoms. The van der Waals surface area contributed by atoms with E-state index in [2.05, 4.69) is 29.2 Å². The zero-order chi connectivity index (χ0) is 18.9. The molecule has 1 unspecified atom stereocenters. The standard InChI is InChI=1S/C20H29FN4O/c1-14(2)13-25-19(26)20(4,24-9-7-22-8-10-24)12-18(23-25)16-5-6-17(21)15(3)11-16/h5-6,11,14,22H,7-10,12-13H2,1-4H3. The van der Waals surface area contributed by atoms with Gasteiger partial charge in [0.1, 0.15) is 11.4 Å². The summed E-state index contributed by atoms with van der Waals surface area (Å²) in [5, 5.41) is 9.65. The lowest BCUT2D eigenvalue weighted by molar-refractivity contribution is -0.145. The van der Waals surface area contributed by atoms with E-state index < -0.39 is 5.54 Å². The third-order valence-corrected chi connectivity index (χ3v) is 5.29. The highest BCUT2D eigenvalue weighted by atomic mass is 19.1. The number of hydrogen-bond acceptors (Lipinski definition) is 4. The number of nitrogens with one attached hydrogen (secondary N) is 1. The largest absolute Gasteiger partial charge is 0.314 e. The molecule has 26 heavy (non-hydrogen) atoms. The molecule has 5 nitrogen and oxygen atoms in total. The van der Waals surface area contributed by atoms with E-state index in [0.717, 1.165) is 37.5 Å². The summed E-state index contributed by atoms with van der Waals surface area (Å²) in [5.74, 6) is 0.171. The first-order valence-corrected chi connectivity index (χ1v) is 9.43. The molecule has 0 saturated carbocycles. The third-order valence-electron chi connectivity index (χ3n) is 5.29. The van der Waals surface area contributed by atoms with Crippen LogP contribution in [0.1, 0.15) is 38.3 Å². The summed E-state index contributed by atoms with van der Waals surface area (Å²) in [4.78, 5) is 15.5. The van der Waals surface area contributed by atoms with Crippen LogP contribution in [0.25, 0.3) is 0 Å². The highest BCUT2D eigenvalue weighted by Gasteiger charge is 2.46. The van der Waals surface area contributed by atoms with Crippen molar-refractivity contribution >= 4 is 11.6 Å². The minimum Gasteiger partial charge on any atom is -0.314 e. The fraction of sp³-hybridized carbons (Fsp3) is 0.600. The highest BCUT2D eigenvalue weighted by Crippen LogP contribution is 2.30. The Hall–Kier alpha value is -1.79. The molecule has 1 N–H and O–H groups in total. The summed E-state index contributed by atoms with van der Waals surface area (Å²) >= 11 is 0. The maximum absolute atomic E-state index is 13.7. The number of rotatable bonds is 4. The molecular formula is C20H29FN4O. The second-order valence-electron chi connectivity index (χ2n) is 7.98.